The summed E-state index contributed by atoms with van der Waals surface area (Å²) in [5.41, 5.74) is 1.55. The van der Waals surface area contributed by atoms with Crippen molar-refractivity contribution in [1.82, 2.24) is 4.98 Å². The Bertz CT molecular complexity index is 787. The number of aromatic nitrogens is 1. The van der Waals surface area contributed by atoms with E-state index in [9.17, 15) is 9.59 Å². The Morgan fingerprint density at radius 3 is 2.63 bits per heavy atom. The van der Waals surface area contributed by atoms with Gasteiger partial charge in [-0.05, 0) is 24.6 Å². The summed E-state index contributed by atoms with van der Waals surface area (Å²) >= 11 is 3.41. The number of hydrogen-bond donors (Lipinski definition) is 2. The fraction of sp³-hybridized carbons (Fsp3) is 0.450. The summed E-state index contributed by atoms with van der Waals surface area (Å²) in [4.78, 5) is 26.7. The Kier molecular flexibility index (Phi) is 9.35. The first-order chi connectivity index (χ1) is 13.1. The molecule has 0 aliphatic rings. The molecule has 0 aliphatic carbocycles. The van der Waals surface area contributed by atoms with E-state index >= 15 is 0 Å². The fourth-order valence-corrected chi connectivity index (χ4v) is 4.77. The summed E-state index contributed by atoms with van der Waals surface area (Å²) in [6.45, 7) is 2.24. The van der Waals surface area contributed by atoms with Gasteiger partial charge in [0.25, 0.3) is 0 Å². The van der Waals surface area contributed by atoms with Crippen LogP contribution >= 0.6 is 23.1 Å². The molecule has 0 atom stereocenters. The van der Waals surface area contributed by atoms with E-state index in [2.05, 4.69) is 17.2 Å². The average Bonchev–Trinajstić information content (AvgIpc) is 3.04. The Balaban J connectivity index is 1.79. The molecule has 0 saturated heterocycles. The number of thiazole rings is 1. The third-order valence-electron chi connectivity index (χ3n) is 3.99. The van der Waals surface area contributed by atoms with E-state index in [-0.39, 0.29) is 0 Å². The second-order valence-electron chi connectivity index (χ2n) is 6.29. The molecule has 0 aliphatic heterocycles. The molecule has 0 fully saturated rings. The molecule has 1 heterocycles. The van der Waals surface area contributed by atoms with Crippen LogP contribution in [0.25, 0.3) is 10.2 Å². The van der Waals surface area contributed by atoms with Crippen molar-refractivity contribution in [2.45, 2.75) is 56.2 Å². The molecular weight excluding hydrogens is 380 g/mol. The van der Waals surface area contributed by atoms with Crippen molar-refractivity contribution in [3.8, 4) is 0 Å². The molecule has 0 bridgehead atoms. The van der Waals surface area contributed by atoms with Gasteiger partial charge in [0.05, 0.1) is 10.2 Å². The van der Waals surface area contributed by atoms with Gasteiger partial charge in [-0.15, -0.1) is 11.3 Å². The molecule has 1 aromatic heterocycles. The van der Waals surface area contributed by atoms with Crippen LogP contribution in [0.15, 0.2) is 34.7 Å². The Morgan fingerprint density at radius 2 is 1.89 bits per heavy atom. The largest absolute Gasteiger partial charge is 0.478 e. The lowest BCUT2D eigenvalue weighted by Gasteiger charge is -2.00. The monoisotopic (exact) mass is 406 g/mol. The van der Waals surface area contributed by atoms with Crippen molar-refractivity contribution in [3.05, 3.63) is 30.4 Å². The Labute approximate surface area is 168 Å². The highest BCUT2D eigenvalue weighted by Crippen LogP contribution is 2.31. The van der Waals surface area contributed by atoms with E-state index < -0.39 is 11.9 Å². The van der Waals surface area contributed by atoms with Crippen LogP contribution < -0.4 is 5.32 Å². The molecule has 2 aromatic rings. The van der Waals surface area contributed by atoms with Crippen LogP contribution in [-0.4, -0.2) is 27.7 Å². The van der Waals surface area contributed by atoms with Gasteiger partial charge in [0.15, 0.2) is 4.34 Å². The average molecular weight is 407 g/mol. The first-order valence-corrected chi connectivity index (χ1v) is 11.1. The molecule has 2 N–H and O–H groups in total. The number of carboxylic acid groups (broad SMARTS) is 1. The molecule has 1 aromatic carbocycles. The van der Waals surface area contributed by atoms with Gasteiger partial charge in [-0.25, -0.2) is 9.78 Å². The summed E-state index contributed by atoms with van der Waals surface area (Å²) in [6.07, 6.45) is 11.0. The predicted molar refractivity (Wildman–Crippen MR) is 114 cm³/mol. The maximum Gasteiger partial charge on any atom is 0.328 e. The molecule has 2 rings (SSSR count). The smallest absolute Gasteiger partial charge is 0.328 e. The van der Waals surface area contributed by atoms with Crippen LogP contribution in [0.5, 0.6) is 0 Å². The fourth-order valence-electron chi connectivity index (χ4n) is 2.59. The number of nitrogens with one attached hydrogen (secondary N) is 1. The van der Waals surface area contributed by atoms with Crippen molar-refractivity contribution in [1.29, 1.82) is 0 Å². The third kappa shape index (κ3) is 8.13. The van der Waals surface area contributed by atoms with Gasteiger partial charge < -0.3 is 10.4 Å². The quantitative estimate of drug-likeness (QED) is 0.268. The molecular formula is C20H26N2O3S2. The number of fused-ring (bicyclic) bond motifs is 1. The summed E-state index contributed by atoms with van der Waals surface area (Å²) in [5.74, 6) is -0.530. The van der Waals surface area contributed by atoms with Crippen molar-refractivity contribution in [2.24, 2.45) is 0 Å². The molecule has 27 heavy (non-hydrogen) atoms. The third-order valence-corrected chi connectivity index (χ3v) is 6.23. The highest BCUT2D eigenvalue weighted by molar-refractivity contribution is 8.01. The number of carboxylic acids is 1. The number of unbranched alkanes of at least 4 members (excludes halogenated alkanes) is 6. The highest BCUT2D eigenvalue weighted by Gasteiger charge is 2.07. The van der Waals surface area contributed by atoms with Crippen molar-refractivity contribution in [3.63, 3.8) is 0 Å². The van der Waals surface area contributed by atoms with E-state index in [1.807, 2.05) is 12.1 Å². The second kappa shape index (κ2) is 11.8. The molecule has 0 radical (unpaired) electrons. The predicted octanol–water partition coefficient (Wildman–Crippen LogP) is 5.72. The standard InChI is InChI=1S/C20H26N2O3S2/c1-2-3-4-5-6-7-8-13-26-20-22-16-10-9-15(14-17(16)27-20)21-18(23)11-12-19(24)25/h9-12,14H,2-8,13H2,1H3,(H,21,23)(H,24,25)/b12-11+. The van der Waals surface area contributed by atoms with Crippen LogP contribution in [0.4, 0.5) is 5.69 Å². The molecule has 0 spiro atoms. The number of benzene rings is 1. The minimum Gasteiger partial charge on any atom is -0.478 e. The Hall–Kier alpha value is -1.86. The van der Waals surface area contributed by atoms with Gasteiger partial charge in [0, 0.05) is 23.6 Å². The molecule has 0 unspecified atom stereocenters. The first-order valence-electron chi connectivity index (χ1n) is 9.34. The number of rotatable bonds is 12. The number of nitrogens with zero attached hydrogens (tertiary/aromatic N) is 1. The molecule has 7 heteroatoms. The van der Waals surface area contributed by atoms with Crippen molar-refractivity contribution in [2.75, 3.05) is 11.1 Å². The van der Waals surface area contributed by atoms with Crippen molar-refractivity contribution >= 4 is 50.9 Å². The van der Waals surface area contributed by atoms with E-state index in [0.717, 1.165) is 32.5 Å². The summed E-state index contributed by atoms with van der Waals surface area (Å²) in [5, 5.41) is 11.2. The first kappa shape index (κ1) is 21.4. The topological polar surface area (TPSA) is 79.3 Å². The summed E-state index contributed by atoms with van der Waals surface area (Å²) in [7, 11) is 0. The van der Waals surface area contributed by atoms with Crippen LogP contribution in [-0.2, 0) is 9.59 Å². The van der Waals surface area contributed by atoms with Gasteiger partial charge in [0.2, 0.25) is 5.91 Å². The number of amides is 1. The lowest BCUT2D eigenvalue weighted by molar-refractivity contribution is -0.131. The Morgan fingerprint density at radius 1 is 1.15 bits per heavy atom. The zero-order valence-corrected chi connectivity index (χ0v) is 17.2. The zero-order valence-electron chi connectivity index (χ0n) is 15.6. The van der Waals surface area contributed by atoms with E-state index in [4.69, 9.17) is 5.11 Å². The van der Waals surface area contributed by atoms with Crippen LogP contribution in [0, 0.1) is 0 Å². The van der Waals surface area contributed by atoms with Crippen molar-refractivity contribution < 1.29 is 14.7 Å². The molecule has 146 valence electrons. The normalized spacial score (nSPS) is 11.3. The lowest BCUT2D eigenvalue weighted by atomic mass is 10.1. The van der Waals surface area contributed by atoms with Gasteiger partial charge in [-0.1, -0.05) is 57.2 Å². The van der Waals surface area contributed by atoms with Crippen LogP contribution in [0.1, 0.15) is 51.9 Å². The number of carbonyl (C=O) groups excluding carboxylic acids is 1. The number of aliphatic carboxylic acids is 1. The maximum absolute atomic E-state index is 11.7. The van der Waals surface area contributed by atoms with E-state index in [1.54, 1.807) is 29.2 Å². The minimum absolute atomic E-state index is 0.463. The highest BCUT2D eigenvalue weighted by atomic mass is 32.2. The van der Waals surface area contributed by atoms with E-state index in [1.165, 1.54) is 44.9 Å². The molecule has 5 nitrogen and oxygen atoms in total. The SMILES string of the molecule is CCCCCCCCCSc1nc2ccc(NC(=O)/C=C/C(=O)O)cc2s1. The van der Waals surface area contributed by atoms with Gasteiger partial charge in [0.1, 0.15) is 0 Å². The zero-order chi connectivity index (χ0) is 19.5. The van der Waals surface area contributed by atoms with Gasteiger partial charge >= 0.3 is 5.97 Å². The molecule has 0 saturated carbocycles. The number of hydrogen-bond acceptors (Lipinski definition) is 5. The molecule has 1 amide bonds. The summed E-state index contributed by atoms with van der Waals surface area (Å²) in [6, 6.07) is 5.52. The maximum atomic E-state index is 11.7. The van der Waals surface area contributed by atoms with E-state index in [0.29, 0.717) is 5.69 Å². The number of thioether (sulfide) groups is 1. The summed E-state index contributed by atoms with van der Waals surface area (Å²) < 4.78 is 2.06. The number of carbonyl (C=O) groups is 2. The second-order valence-corrected chi connectivity index (χ2v) is 8.67. The van der Waals surface area contributed by atoms with Crippen LogP contribution in [0.3, 0.4) is 0 Å². The minimum atomic E-state index is -1.15. The lowest BCUT2D eigenvalue weighted by Crippen LogP contribution is -2.08. The number of anilines is 1. The van der Waals surface area contributed by atoms with Gasteiger partial charge in [-0.2, -0.15) is 0 Å². The van der Waals surface area contributed by atoms with Crippen LogP contribution in [0.2, 0.25) is 0 Å². The van der Waals surface area contributed by atoms with Gasteiger partial charge in [-0.3, -0.25) is 4.79 Å².